The van der Waals surface area contributed by atoms with Crippen LogP contribution in [0.2, 0.25) is 5.02 Å². The monoisotopic (exact) mass is 442 g/mol. The highest BCUT2D eigenvalue weighted by atomic mass is 35.5. The Hall–Kier alpha value is -2.83. The van der Waals surface area contributed by atoms with Gasteiger partial charge in [-0.25, -0.2) is 8.42 Å². The summed E-state index contributed by atoms with van der Waals surface area (Å²) in [5.41, 5.74) is 2.25. The molecule has 0 N–H and O–H groups in total. The van der Waals surface area contributed by atoms with E-state index in [-0.39, 0.29) is 17.3 Å². The van der Waals surface area contributed by atoms with E-state index >= 15 is 0 Å². The molecule has 3 rings (SSSR count). The van der Waals surface area contributed by atoms with E-state index in [0.29, 0.717) is 17.3 Å². The maximum Gasteiger partial charge on any atom is 0.264 e. The van der Waals surface area contributed by atoms with Gasteiger partial charge in [-0.2, -0.15) is 0 Å². The third-order valence-corrected chi connectivity index (χ3v) is 6.70. The third kappa shape index (κ3) is 5.20. The van der Waals surface area contributed by atoms with Crippen molar-refractivity contribution < 1.29 is 13.2 Å². The molecule has 156 valence electrons. The fourth-order valence-corrected chi connectivity index (χ4v) is 4.56. The maximum atomic E-state index is 13.4. The number of aryl methyl sites for hydroxylation is 1. The lowest BCUT2D eigenvalue weighted by molar-refractivity contribution is -0.128. The van der Waals surface area contributed by atoms with Crippen molar-refractivity contribution >= 4 is 33.2 Å². The molecule has 0 aliphatic rings. The summed E-state index contributed by atoms with van der Waals surface area (Å²) in [6.45, 7) is 1.93. The second kappa shape index (κ2) is 9.32. The van der Waals surface area contributed by atoms with Crippen molar-refractivity contribution in [1.29, 1.82) is 0 Å². The third-order valence-electron chi connectivity index (χ3n) is 4.67. The molecule has 0 aliphatic carbocycles. The van der Waals surface area contributed by atoms with Crippen LogP contribution in [0.25, 0.3) is 0 Å². The number of benzene rings is 3. The number of hydrogen-bond donors (Lipinski definition) is 0. The van der Waals surface area contributed by atoms with E-state index in [1.807, 2.05) is 37.3 Å². The molecular formula is C23H23ClN2O3S. The van der Waals surface area contributed by atoms with Crippen LogP contribution >= 0.6 is 11.6 Å². The highest BCUT2D eigenvalue weighted by Gasteiger charge is 2.28. The fraction of sp³-hybridized carbons (Fsp3) is 0.174. The zero-order chi connectivity index (χ0) is 21.7. The summed E-state index contributed by atoms with van der Waals surface area (Å²) in [6.07, 6.45) is 0. The van der Waals surface area contributed by atoms with E-state index < -0.39 is 10.0 Å². The van der Waals surface area contributed by atoms with Crippen molar-refractivity contribution in [2.24, 2.45) is 0 Å². The minimum Gasteiger partial charge on any atom is -0.340 e. The van der Waals surface area contributed by atoms with Crippen molar-refractivity contribution in [3.05, 3.63) is 95.0 Å². The number of rotatable bonds is 7. The van der Waals surface area contributed by atoms with Gasteiger partial charge in [-0.15, -0.1) is 0 Å². The molecule has 0 saturated carbocycles. The van der Waals surface area contributed by atoms with Crippen LogP contribution in [-0.4, -0.2) is 32.8 Å². The minimum atomic E-state index is -3.96. The van der Waals surface area contributed by atoms with E-state index in [1.165, 1.54) is 11.0 Å². The van der Waals surface area contributed by atoms with Gasteiger partial charge in [0.1, 0.15) is 6.54 Å². The molecule has 7 heteroatoms. The summed E-state index contributed by atoms with van der Waals surface area (Å²) in [7, 11) is -2.31. The van der Waals surface area contributed by atoms with Gasteiger partial charge in [0.15, 0.2) is 0 Å². The van der Waals surface area contributed by atoms with Crippen molar-refractivity contribution in [2.45, 2.75) is 18.4 Å². The zero-order valence-electron chi connectivity index (χ0n) is 16.8. The summed E-state index contributed by atoms with van der Waals surface area (Å²) in [5.74, 6) is -0.325. The molecule has 1 amide bonds. The Kier molecular flexibility index (Phi) is 6.80. The molecule has 0 aliphatic heterocycles. The molecule has 3 aromatic rings. The molecule has 0 fully saturated rings. The molecule has 0 saturated heterocycles. The first-order chi connectivity index (χ1) is 14.3. The van der Waals surface area contributed by atoms with Gasteiger partial charge in [-0.05, 0) is 42.8 Å². The lowest BCUT2D eigenvalue weighted by Gasteiger charge is -2.27. The van der Waals surface area contributed by atoms with Crippen molar-refractivity contribution in [1.82, 2.24) is 4.90 Å². The summed E-state index contributed by atoms with van der Waals surface area (Å²) >= 11 is 6.10. The molecule has 0 aromatic heterocycles. The first-order valence-electron chi connectivity index (χ1n) is 9.40. The summed E-state index contributed by atoms with van der Waals surface area (Å²) < 4.78 is 27.9. The first kappa shape index (κ1) is 21.9. The molecule has 30 heavy (non-hydrogen) atoms. The van der Waals surface area contributed by atoms with Crippen molar-refractivity contribution in [3.63, 3.8) is 0 Å². The SMILES string of the molecule is Cc1ccc(S(=O)(=O)N(CC(=O)N(C)Cc2ccccc2)c2cccc(Cl)c2)cc1. The molecule has 5 nitrogen and oxygen atoms in total. The van der Waals surface area contributed by atoms with Gasteiger partial charge in [-0.3, -0.25) is 9.10 Å². The molecule has 0 bridgehead atoms. The van der Waals surface area contributed by atoms with Crippen LogP contribution in [0.3, 0.4) is 0 Å². The molecule has 0 radical (unpaired) electrons. The van der Waals surface area contributed by atoms with E-state index in [1.54, 1.807) is 49.5 Å². The predicted octanol–water partition coefficient (Wildman–Crippen LogP) is 4.50. The Morgan fingerprint density at radius 1 is 0.933 bits per heavy atom. The minimum absolute atomic E-state index is 0.117. The number of anilines is 1. The van der Waals surface area contributed by atoms with Gasteiger partial charge >= 0.3 is 0 Å². The number of sulfonamides is 1. The Balaban J connectivity index is 1.92. The Morgan fingerprint density at radius 3 is 2.23 bits per heavy atom. The van der Waals surface area contributed by atoms with Crippen LogP contribution in [0.15, 0.2) is 83.8 Å². The number of carbonyl (C=O) groups is 1. The van der Waals surface area contributed by atoms with Crippen LogP contribution < -0.4 is 4.31 Å². The maximum absolute atomic E-state index is 13.4. The van der Waals surface area contributed by atoms with Crippen LogP contribution in [0.4, 0.5) is 5.69 Å². The quantitative estimate of drug-likeness (QED) is 0.541. The molecule has 0 heterocycles. The first-order valence-corrected chi connectivity index (χ1v) is 11.2. The highest BCUT2D eigenvalue weighted by molar-refractivity contribution is 7.92. The Labute approximate surface area is 182 Å². The lowest BCUT2D eigenvalue weighted by atomic mass is 10.2. The second-order valence-corrected chi connectivity index (χ2v) is 9.34. The second-order valence-electron chi connectivity index (χ2n) is 7.04. The standard InChI is InChI=1S/C23H23ClN2O3S/c1-18-11-13-22(14-12-18)30(28,29)26(21-10-6-9-20(24)15-21)17-23(27)25(2)16-19-7-4-3-5-8-19/h3-15H,16-17H2,1-2H3. The van der Waals surface area contributed by atoms with E-state index in [4.69, 9.17) is 11.6 Å². The van der Waals surface area contributed by atoms with Crippen LogP contribution in [0, 0.1) is 6.92 Å². The van der Waals surface area contributed by atoms with E-state index in [0.717, 1.165) is 15.4 Å². The smallest absolute Gasteiger partial charge is 0.264 e. The number of carbonyl (C=O) groups excluding carboxylic acids is 1. The average molecular weight is 443 g/mol. The molecule has 0 atom stereocenters. The fourth-order valence-electron chi connectivity index (χ4n) is 2.97. The zero-order valence-corrected chi connectivity index (χ0v) is 18.4. The number of halogens is 1. The summed E-state index contributed by atoms with van der Waals surface area (Å²) in [4.78, 5) is 14.6. The van der Waals surface area contributed by atoms with E-state index in [9.17, 15) is 13.2 Å². The summed E-state index contributed by atoms with van der Waals surface area (Å²) in [5, 5.41) is 0.390. The molecule has 0 spiro atoms. The van der Waals surface area contributed by atoms with E-state index in [2.05, 4.69) is 0 Å². The van der Waals surface area contributed by atoms with Gasteiger partial charge in [0.25, 0.3) is 10.0 Å². The van der Waals surface area contributed by atoms with Gasteiger partial charge in [-0.1, -0.05) is 65.7 Å². The largest absolute Gasteiger partial charge is 0.340 e. The molecule has 3 aromatic carbocycles. The van der Waals surface area contributed by atoms with Gasteiger partial charge in [0.05, 0.1) is 10.6 Å². The van der Waals surface area contributed by atoms with Crippen LogP contribution in [0.5, 0.6) is 0 Å². The highest BCUT2D eigenvalue weighted by Crippen LogP contribution is 2.26. The number of likely N-dealkylation sites (N-methyl/N-ethyl adjacent to an activating group) is 1. The Morgan fingerprint density at radius 2 is 1.60 bits per heavy atom. The average Bonchev–Trinajstić information content (AvgIpc) is 2.72. The van der Waals surface area contributed by atoms with Gasteiger partial charge < -0.3 is 4.90 Å². The van der Waals surface area contributed by atoms with Gasteiger partial charge in [0, 0.05) is 18.6 Å². The topological polar surface area (TPSA) is 57.7 Å². The number of hydrogen-bond acceptors (Lipinski definition) is 3. The van der Waals surface area contributed by atoms with Crippen molar-refractivity contribution in [2.75, 3.05) is 17.9 Å². The van der Waals surface area contributed by atoms with Crippen molar-refractivity contribution in [3.8, 4) is 0 Å². The van der Waals surface area contributed by atoms with Crippen LogP contribution in [-0.2, 0) is 21.4 Å². The normalized spacial score (nSPS) is 11.2. The predicted molar refractivity (Wildman–Crippen MR) is 120 cm³/mol. The summed E-state index contributed by atoms with van der Waals surface area (Å²) in [6, 6.07) is 22.6. The Bertz CT molecular complexity index is 1120. The molecule has 0 unspecified atom stereocenters. The molecular weight excluding hydrogens is 420 g/mol. The van der Waals surface area contributed by atoms with Crippen LogP contribution in [0.1, 0.15) is 11.1 Å². The number of nitrogens with zero attached hydrogens (tertiary/aromatic N) is 2. The van der Waals surface area contributed by atoms with Gasteiger partial charge in [0.2, 0.25) is 5.91 Å². The number of amides is 1. The lowest BCUT2D eigenvalue weighted by Crippen LogP contribution is -2.41.